The highest BCUT2D eigenvalue weighted by molar-refractivity contribution is 6.31. The third kappa shape index (κ3) is 1.75. The Morgan fingerprint density at radius 2 is 1.72 bits per heavy atom. The first kappa shape index (κ1) is 12.1. The molecule has 2 aliphatic rings. The molecule has 1 nitrogen and oxygen atoms in total. The van der Waals surface area contributed by atoms with Gasteiger partial charge in [0, 0.05) is 5.02 Å². The first-order valence-electron chi connectivity index (χ1n) is 6.86. The van der Waals surface area contributed by atoms with Crippen molar-refractivity contribution in [2.45, 2.75) is 50.4 Å². The molecule has 0 unspecified atom stereocenters. The first-order valence-corrected chi connectivity index (χ1v) is 7.24. The maximum atomic E-state index is 9.62. The van der Waals surface area contributed by atoms with Crippen molar-refractivity contribution in [3.63, 3.8) is 0 Å². The van der Waals surface area contributed by atoms with Gasteiger partial charge in [-0.25, -0.2) is 0 Å². The summed E-state index contributed by atoms with van der Waals surface area (Å²) >= 11 is 6.28. The summed E-state index contributed by atoms with van der Waals surface area (Å²) in [6.07, 6.45) is 8.68. The molecule has 0 aliphatic heterocycles. The normalized spacial score (nSPS) is 24.2. The molecule has 3 rings (SSSR count). The number of hydrogen-bond donors (Lipinski definition) is 0. The minimum Gasteiger partial charge on any atom is -0.197 e. The van der Waals surface area contributed by atoms with Crippen molar-refractivity contribution in [1.29, 1.82) is 5.26 Å². The Morgan fingerprint density at radius 3 is 2.33 bits per heavy atom. The minimum absolute atomic E-state index is 0.310. The largest absolute Gasteiger partial charge is 0.197 e. The molecule has 0 radical (unpaired) electrons. The van der Waals surface area contributed by atoms with E-state index in [2.05, 4.69) is 6.07 Å². The van der Waals surface area contributed by atoms with E-state index in [9.17, 15) is 5.26 Å². The molecule has 0 amide bonds. The van der Waals surface area contributed by atoms with E-state index in [0.29, 0.717) is 5.41 Å². The Balaban J connectivity index is 1.87. The lowest BCUT2D eigenvalue weighted by molar-refractivity contribution is 0.0169. The van der Waals surface area contributed by atoms with Gasteiger partial charge >= 0.3 is 0 Å². The second-order valence-electron chi connectivity index (χ2n) is 6.09. The van der Waals surface area contributed by atoms with Crippen molar-refractivity contribution >= 4 is 11.6 Å². The van der Waals surface area contributed by atoms with Crippen LogP contribution in [0.1, 0.15) is 50.5 Å². The van der Waals surface area contributed by atoms with E-state index < -0.39 is 0 Å². The summed E-state index contributed by atoms with van der Waals surface area (Å²) in [5, 5.41) is 10.4. The van der Waals surface area contributed by atoms with Crippen LogP contribution in [0.15, 0.2) is 24.3 Å². The van der Waals surface area contributed by atoms with Gasteiger partial charge in [0.1, 0.15) is 0 Å². The van der Waals surface area contributed by atoms with Gasteiger partial charge in [0.25, 0.3) is 0 Å². The van der Waals surface area contributed by atoms with Crippen molar-refractivity contribution in [3.05, 3.63) is 34.9 Å². The third-order valence-electron chi connectivity index (χ3n) is 4.87. The van der Waals surface area contributed by atoms with Gasteiger partial charge in [0.2, 0.25) is 0 Å². The molecule has 1 aromatic carbocycles. The van der Waals surface area contributed by atoms with Crippen LogP contribution in [0, 0.1) is 16.7 Å². The summed E-state index contributed by atoms with van der Waals surface area (Å²) in [4.78, 5) is 0. The van der Waals surface area contributed by atoms with Crippen LogP contribution in [0.4, 0.5) is 0 Å². The smallest absolute Gasteiger partial charge is 0.0847 e. The number of hydrogen-bond acceptors (Lipinski definition) is 1. The van der Waals surface area contributed by atoms with Crippen LogP contribution in [-0.2, 0) is 5.41 Å². The number of halogens is 1. The van der Waals surface area contributed by atoms with Gasteiger partial charge in [-0.15, -0.1) is 0 Å². The van der Waals surface area contributed by atoms with E-state index in [1.54, 1.807) is 0 Å². The molecule has 2 fully saturated rings. The topological polar surface area (TPSA) is 23.8 Å². The van der Waals surface area contributed by atoms with Gasteiger partial charge in [-0.1, -0.05) is 49.1 Å². The highest BCUT2D eigenvalue weighted by Crippen LogP contribution is 2.62. The monoisotopic (exact) mass is 259 g/mol. The van der Waals surface area contributed by atoms with Crippen LogP contribution in [0.3, 0.4) is 0 Å². The third-order valence-corrected chi connectivity index (χ3v) is 5.20. The van der Waals surface area contributed by atoms with Gasteiger partial charge in [0.15, 0.2) is 0 Å². The summed E-state index contributed by atoms with van der Waals surface area (Å²) in [5.74, 6) is 0. The Morgan fingerprint density at radius 1 is 1.06 bits per heavy atom. The van der Waals surface area contributed by atoms with Gasteiger partial charge in [-0.3, -0.25) is 0 Å². The van der Waals surface area contributed by atoms with Crippen LogP contribution < -0.4 is 0 Å². The first-order chi connectivity index (χ1) is 8.70. The van der Waals surface area contributed by atoms with Crippen molar-refractivity contribution in [1.82, 2.24) is 0 Å². The molecule has 0 atom stereocenters. The zero-order valence-corrected chi connectivity index (χ0v) is 11.3. The number of rotatable bonds is 1. The molecule has 0 saturated heterocycles. The van der Waals surface area contributed by atoms with Gasteiger partial charge in [0.05, 0.1) is 11.5 Å². The van der Waals surface area contributed by atoms with Gasteiger partial charge < -0.3 is 0 Å². The SMILES string of the molecule is N#CC1(c2ccccc2Cl)CC2(CCCCC2)C1. The Hall–Kier alpha value is -1.00. The zero-order chi connectivity index (χ0) is 12.6. The zero-order valence-electron chi connectivity index (χ0n) is 10.6. The molecule has 0 N–H and O–H groups in total. The number of nitrogens with zero attached hydrogens (tertiary/aromatic N) is 1. The number of benzene rings is 1. The lowest BCUT2D eigenvalue weighted by atomic mass is 9.47. The summed E-state index contributed by atoms with van der Waals surface area (Å²) in [7, 11) is 0. The van der Waals surface area contributed by atoms with Crippen molar-refractivity contribution in [3.8, 4) is 6.07 Å². The molecular formula is C16H18ClN. The molecule has 2 aliphatic carbocycles. The summed E-state index contributed by atoms with van der Waals surface area (Å²) in [5.41, 5.74) is 1.19. The van der Waals surface area contributed by atoms with E-state index >= 15 is 0 Å². The second kappa shape index (κ2) is 4.28. The number of nitriles is 1. The standard InChI is InChI=1S/C16H18ClN/c17-14-7-3-2-6-13(14)16(12-18)10-15(11-16)8-4-1-5-9-15/h2-3,6-7H,1,4-5,8-11H2. The lowest BCUT2D eigenvalue weighted by Crippen LogP contribution is -2.49. The van der Waals surface area contributed by atoms with Gasteiger partial charge in [-0.05, 0) is 42.7 Å². The van der Waals surface area contributed by atoms with E-state index in [4.69, 9.17) is 11.6 Å². The Labute approximate surface area is 114 Å². The van der Waals surface area contributed by atoms with Crippen LogP contribution >= 0.6 is 11.6 Å². The highest BCUT2D eigenvalue weighted by Gasteiger charge is 2.56. The molecule has 0 aromatic heterocycles. The van der Waals surface area contributed by atoms with E-state index in [1.807, 2.05) is 24.3 Å². The predicted octanol–water partition coefficient (Wildman–Crippen LogP) is 4.85. The fourth-order valence-corrected chi connectivity index (χ4v) is 4.38. The lowest BCUT2D eigenvalue weighted by Gasteiger charge is -2.55. The molecular weight excluding hydrogens is 242 g/mol. The molecule has 0 bridgehead atoms. The van der Waals surface area contributed by atoms with E-state index in [0.717, 1.165) is 23.4 Å². The Bertz CT molecular complexity index is 486. The molecule has 1 spiro atoms. The predicted molar refractivity (Wildman–Crippen MR) is 73.5 cm³/mol. The summed E-state index contributed by atoms with van der Waals surface area (Å²) < 4.78 is 0. The van der Waals surface area contributed by atoms with Crippen LogP contribution in [0.25, 0.3) is 0 Å². The summed E-state index contributed by atoms with van der Waals surface area (Å²) in [6, 6.07) is 10.4. The van der Waals surface area contributed by atoms with Crippen molar-refractivity contribution in [2.24, 2.45) is 5.41 Å². The van der Waals surface area contributed by atoms with Crippen molar-refractivity contribution < 1.29 is 0 Å². The summed E-state index contributed by atoms with van der Waals surface area (Å²) in [6.45, 7) is 0. The molecule has 2 saturated carbocycles. The van der Waals surface area contributed by atoms with Gasteiger partial charge in [-0.2, -0.15) is 5.26 Å². The van der Waals surface area contributed by atoms with Crippen LogP contribution in [-0.4, -0.2) is 0 Å². The maximum Gasteiger partial charge on any atom is 0.0847 e. The van der Waals surface area contributed by atoms with Crippen LogP contribution in [0.2, 0.25) is 5.02 Å². The maximum absolute atomic E-state index is 9.62. The fourth-order valence-electron chi connectivity index (χ4n) is 4.06. The fraction of sp³-hybridized carbons (Fsp3) is 0.562. The van der Waals surface area contributed by atoms with E-state index in [1.165, 1.54) is 32.1 Å². The second-order valence-corrected chi connectivity index (χ2v) is 6.50. The average Bonchev–Trinajstić information content (AvgIpc) is 2.37. The van der Waals surface area contributed by atoms with E-state index in [-0.39, 0.29) is 5.41 Å². The minimum atomic E-state index is -0.310. The molecule has 18 heavy (non-hydrogen) atoms. The molecule has 1 aromatic rings. The van der Waals surface area contributed by atoms with Crippen molar-refractivity contribution in [2.75, 3.05) is 0 Å². The highest BCUT2D eigenvalue weighted by atomic mass is 35.5. The molecule has 94 valence electrons. The van der Waals surface area contributed by atoms with Crippen LogP contribution in [0.5, 0.6) is 0 Å². The molecule has 2 heteroatoms. The Kier molecular flexibility index (Phi) is 2.87. The average molecular weight is 260 g/mol. The quantitative estimate of drug-likeness (QED) is 0.708. The molecule has 0 heterocycles.